The lowest BCUT2D eigenvalue weighted by Crippen LogP contribution is -2.33. The molecule has 122 valence electrons. The van der Waals surface area contributed by atoms with Crippen LogP contribution in [0.3, 0.4) is 0 Å². The third-order valence-electron chi connectivity index (χ3n) is 4.24. The molecule has 1 amide bonds. The Morgan fingerprint density at radius 1 is 1.25 bits per heavy atom. The van der Waals surface area contributed by atoms with Crippen LogP contribution in [0.2, 0.25) is 0 Å². The van der Waals surface area contributed by atoms with Crippen molar-refractivity contribution in [3.05, 3.63) is 71.7 Å². The fourth-order valence-corrected chi connectivity index (χ4v) is 2.85. The SMILES string of the molecule is O=C(c1ccc(F)cc1F)N(Cc1cnc2ccccn12)C1CC1. The van der Waals surface area contributed by atoms with E-state index in [9.17, 15) is 13.6 Å². The van der Waals surface area contributed by atoms with E-state index in [0.29, 0.717) is 6.54 Å². The van der Waals surface area contributed by atoms with Crippen molar-refractivity contribution in [1.29, 1.82) is 0 Å². The average molecular weight is 327 g/mol. The highest BCUT2D eigenvalue weighted by Gasteiger charge is 2.34. The zero-order chi connectivity index (χ0) is 16.7. The van der Waals surface area contributed by atoms with E-state index in [-0.39, 0.29) is 11.6 Å². The third kappa shape index (κ3) is 2.64. The molecule has 24 heavy (non-hydrogen) atoms. The van der Waals surface area contributed by atoms with Crippen LogP contribution in [-0.2, 0) is 6.54 Å². The molecule has 0 saturated heterocycles. The Kier molecular flexibility index (Phi) is 3.52. The van der Waals surface area contributed by atoms with Crippen molar-refractivity contribution in [3.63, 3.8) is 0 Å². The van der Waals surface area contributed by atoms with E-state index >= 15 is 0 Å². The van der Waals surface area contributed by atoms with Crippen LogP contribution in [0.5, 0.6) is 0 Å². The van der Waals surface area contributed by atoms with Gasteiger partial charge in [-0.1, -0.05) is 6.07 Å². The number of amides is 1. The first-order valence-corrected chi connectivity index (χ1v) is 7.80. The van der Waals surface area contributed by atoms with Crippen LogP contribution in [0.4, 0.5) is 8.78 Å². The smallest absolute Gasteiger partial charge is 0.257 e. The van der Waals surface area contributed by atoms with Gasteiger partial charge in [0, 0.05) is 18.3 Å². The lowest BCUT2D eigenvalue weighted by Gasteiger charge is -2.22. The minimum atomic E-state index is -0.830. The zero-order valence-electron chi connectivity index (χ0n) is 12.8. The van der Waals surface area contributed by atoms with Gasteiger partial charge in [0.05, 0.1) is 24.0 Å². The van der Waals surface area contributed by atoms with E-state index in [4.69, 9.17) is 0 Å². The number of carbonyl (C=O) groups is 1. The molecule has 1 aliphatic rings. The van der Waals surface area contributed by atoms with Crippen LogP contribution in [0.1, 0.15) is 28.9 Å². The Morgan fingerprint density at radius 3 is 2.83 bits per heavy atom. The van der Waals surface area contributed by atoms with E-state index in [1.807, 2.05) is 28.8 Å². The molecule has 0 N–H and O–H groups in total. The number of carbonyl (C=O) groups excluding carboxylic acids is 1. The van der Waals surface area contributed by atoms with Crippen LogP contribution in [-0.4, -0.2) is 26.2 Å². The Bertz CT molecular complexity index is 918. The lowest BCUT2D eigenvalue weighted by molar-refractivity contribution is 0.0722. The molecule has 1 saturated carbocycles. The first-order chi connectivity index (χ1) is 11.6. The van der Waals surface area contributed by atoms with Crippen molar-refractivity contribution in [1.82, 2.24) is 14.3 Å². The topological polar surface area (TPSA) is 37.6 Å². The van der Waals surface area contributed by atoms with Crippen molar-refractivity contribution < 1.29 is 13.6 Å². The van der Waals surface area contributed by atoms with Crippen LogP contribution in [0, 0.1) is 11.6 Å². The second kappa shape index (κ2) is 5.70. The van der Waals surface area contributed by atoms with E-state index in [2.05, 4.69) is 4.98 Å². The number of fused-ring (bicyclic) bond motifs is 1. The van der Waals surface area contributed by atoms with Crippen LogP contribution >= 0.6 is 0 Å². The molecule has 0 bridgehead atoms. The summed E-state index contributed by atoms with van der Waals surface area (Å²) in [5, 5.41) is 0. The van der Waals surface area contributed by atoms with Crippen LogP contribution in [0.15, 0.2) is 48.8 Å². The van der Waals surface area contributed by atoms with Gasteiger partial charge in [-0.25, -0.2) is 13.8 Å². The molecule has 0 unspecified atom stereocenters. The summed E-state index contributed by atoms with van der Waals surface area (Å²) in [6.07, 6.45) is 5.39. The van der Waals surface area contributed by atoms with Gasteiger partial charge in [0.2, 0.25) is 0 Å². The summed E-state index contributed by atoms with van der Waals surface area (Å²) in [4.78, 5) is 18.7. The molecule has 2 heterocycles. The summed E-state index contributed by atoms with van der Waals surface area (Å²) in [5.41, 5.74) is 1.55. The van der Waals surface area contributed by atoms with Gasteiger partial charge in [0.25, 0.3) is 5.91 Å². The number of pyridine rings is 1. The van der Waals surface area contributed by atoms with Gasteiger partial charge in [-0.05, 0) is 37.1 Å². The number of rotatable bonds is 4. The molecule has 2 aromatic heterocycles. The van der Waals surface area contributed by atoms with Crippen molar-refractivity contribution in [3.8, 4) is 0 Å². The van der Waals surface area contributed by atoms with Crippen LogP contribution in [0.25, 0.3) is 5.65 Å². The number of aromatic nitrogens is 2. The minimum absolute atomic E-state index is 0.0937. The molecular formula is C18H15F2N3O. The molecule has 1 fully saturated rings. The summed E-state index contributed by atoms with van der Waals surface area (Å²) in [6, 6.07) is 8.81. The maximum absolute atomic E-state index is 14.0. The van der Waals surface area contributed by atoms with E-state index in [1.54, 1.807) is 11.1 Å². The highest BCUT2D eigenvalue weighted by Crippen LogP contribution is 2.30. The average Bonchev–Trinajstić information content (AvgIpc) is 3.33. The second-order valence-electron chi connectivity index (χ2n) is 5.97. The van der Waals surface area contributed by atoms with E-state index in [0.717, 1.165) is 36.3 Å². The Morgan fingerprint density at radius 2 is 2.08 bits per heavy atom. The monoisotopic (exact) mass is 327 g/mol. The molecule has 0 spiro atoms. The normalized spacial score (nSPS) is 14.1. The Labute approximate surface area is 137 Å². The maximum atomic E-state index is 14.0. The Hall–Kier alpha value is -2.76. The predicted molar refractivity (Wildman–Crippen MR) is 84.4 cm³/mol. The summed E-state index contributed by atoms with van der Waals surface area (Å²) in [5.74, 6) is -1.94. The van der Waals surface area contributed by atoms with Crippen molar-refractivity contribution in [2.75, 3.05) is 0 Å². The Balaban J connectivity index is 1.66. The predicted octanol–water partition coefficient (Wildman–Crippen LogP) is 3.42. The first-order valence-electron chi connectivity index (χ1n) is 7.80. The number of benzene rings is 1. The summed E-state index contributed by atoms with van der Waals surface area (Å²) in [6.45, 7) is 0.339. The van der Waals surface area contributed by atoms with Gasteiger partial charge < -0.3 is 9.30 Å². The van der Waals surface area contributed by atoms with E-state index in [1.165, 1.54) is 6.07 Å². The van der Waals surface area contributed by atoms with Gasteiger partial charge in [0.1, 0.15) is 17.3 Å². The molecule has 4 nitrogen and oxygen atoms in total. The molecule has 3 aromatic rings. The van der Waals surface area contributed by atoms with Gasteiger partial charge >= 0.3 is 0 Å². The minimum Gasteiger partial charge on any atom is -0.330 e. The molecule has 0 aliphatic heterocycles. The number of imidazole rings is 1. The standard InChI is InChI=1S/C18H15F2N3O/c19-12-4-7-15(16(20)9-12)18(24)23(13-5-6-13)11-14-10-21-17-3-1-2-8-22(14)17/h1-4,7-10,13H,5-6,11H2. The highest BCUT2D eigenvalue weighted by molar-refractivity contribution is 5.94. The molecule has 4 rings (SSSR count). The quantitative estimate of drug-likeness (QED) is 0.736. The first kappa shape index (κ1) is 14.8. The van der Waals surface area contributed by atoms with Gasteiger partial charge in [-0.15, -0.1) is 0 Å². The van der Waals surface area contributed by atoms with Crippen LogP contribution < -0.4 is 0 Å². The maximum Gasteiger partial charge on any atom is 0.257 e. The molecule has 0 atom stereocenters. The fraction of sp³-hybridized carbons (Fsp3) is 0.222. The number of nitrogens with zero attached hydrogens (tertiary/aromatic N) is 3. The molecule has 1 aliphatic carbocycles. The van der Waals surface area contributed by atoms with E-state index < -0.39 is 17.5 Å². The van der Waals surface area contributed by atoms with Gasteiger partial charge in [-0.3, -0.25) is 4.79 Å². The zero-order valence-corrected chi connectivity index (χ0v) is 12.8. The van der Waals surface area contributed by atoms with Crippen molar-refractivity contribution in [2.45, 2.75) is 25.4 Å². The molecule has 1 aromatic carbocycles. The number of hydrogen-bond acceptors (Lipinski definition) is 2. The third-order valence-corrected chi connectivity index (χ3v) is 4.24. The second-order valence-corrected chi connectivity index (χ2v) is 5.97. The molecular weight excluding hydrogens is 312 g/mol. The molecule has 0 radical (unpaired) electrons. The number of halogens is 2. The highest BCUT2D eigenvalue weighted by atomic mass is 19.1. The van der Waals surface area contributed by atoms with Gasteiger partial charge in [-0.2, -0.15) is 0 Å². The van der Waals surface area contributed by atoms with Crippen molar-refractivity contribution >= 4 is 11.6 Å². The number of hydrogen-bond donors (Lipinski definition) is 0. The fourth-order valence-electron chi connectivity index (χ4n) is 2.85. The lowest BCUT2D eigenvalue weighted by atomic mass is 10.1. The summed E-state index contributed by atoms with van der Waals surface area (Å²) >= 11 is 0. The summed E-state index contributed by atoms with van der Waals surface area (Å²) in [7, 11) is 0. The summed E-state index contributed by atoms with van der Waals surface area (Å²) < 4.78 is 29.0. The largest absolute Gasteiger partial charge is 0.330 e. The van der Waals surface area contributed by atoms with Gasteiger partial charge in [0.15, 0.2) is 0 Å². The molecule has 6 heteroatoms. The van der Waals surface area contributed by atoms with Crippen molar-refractivity contribution in [2.24, 2.45) is 0 Å².